The molecule has 1 N–H and O–H groups in total. The van der Waals surface area contributed by atoms with Gasteiger partial charge in [0.25, 0.3) is 0 Å². The molecule has 1 aliphatic heterocycles. The summed E-state index contributed by atoms with van der Waals surface area (Å²) in [6.07, 6.45) is 4.86. The number of sulfonamides is 1. The first-order valence-corrected chi connectivity index (χ1v) is 6.54. The topological polar surface area (TPSA) is 55.4 Å². The van der Waals surface area contributed by atoms with Gasteiger partial charge in [0, 0.05) is 5.92 Å². The first kappa shape index (κ1) is 9.43. The molecule has 0 aromatic heterocycles. The second kappa shape index (κ2) is 3.22. The van der Waals surface area contributed by atoms with Gasteiger partial charge < -0.3 is 4.74 Å². The number of nitrogens with one attached hydrogen (secondary N) is 1. The maximum Gasteiger partial charge on any atom is 0.209 e. The van der Waals surface area contributed by atoms with Gasteiger partial charge in [0.1, 0.15) is 0 Å². The average Bonchev–Trinajstić information content (AvgIpc) is 2.50. The maximum absolute atomic E-state index is 11.0. The fraction of sp³-hybridized carbons (Fsp3) is 1.00. The molecule has 2 fully saturated rings. The van der Waals surface area contributed by atoms with Crippen molar-refractivity contribution < 1.29 is 13.2 Å². The van der Waals surface area contributed by atoms with Crippen LogP contribution in [0.2, 0.25) is 0 Å². The van der Waals surface area contributed by atoms with E-state index in [2.05, 4.69) is 4.72 Å². The maximum atomic E-state index is 11.0. The Kier molecular flexibility index (Phi) is 2.33. The van der Waals surface area contributed by atoms with E-state index in [0.717, 1.165) is 19.3 Å². The first-order valence-electron chi connectivity index (χ1n) is 4.65. The van der Waals surface area contributed by atoms with Crippen LogP contribution < -0.4 is 4.72 Å². The van der Waals surface area contributed by atoms with Crippen molar-refractivity contribution in [2.24, 2.45) is 5.92 Å². The highest BCUT2D eigenvalue weighted by molar-refractivity contribution is 7.88. The largest absolute Gasteiger partial charge is 0.376 e. The van der Waals surface area contributed by atoms with Crippen molar-refractivity contribution in [3.63, 3.8) is 0 Å². The van der Waals surface area contributed by atoms with Gasteiger partial charge in [-0.25, -0.2) is 13.1 Å². The molecule has 0 spiro atoms. The lowest BCUT2D eigenvalue weighted by Crippen LogP contribution is -2.39. The standard InChI is InChI=1S/C8H15NO3S/c1-13(10,11)9-7-5-12-8-4-2-3-6(7)8/h6-9H,2-5H2,1H3/t6-,7-,8-/m1/s1. The van der Waals surface area contributed by atoms with E-state index in [-0.39, 0.29) is 6.04 Å². The predicted molar refractivity (Wildman–Crippen MR) is 48.8 cm³/mol. The van der Waals surface area contributed by atoms with Crippen LogP contribution in [0.5, 0.6) is 0 Å². The summed E-state index contributed by atoms with van der Waals surface area (Å²) in [5, 5.41) is 0. The zero-order valence-electron chi connectivity index (χ0n) is 7.69. The van der Waals surface area contributed by atoms with E-state index >= 15 is 0 Å². The molecule has 2 aliphatic rings. The molecule has 3 atom stereocenters. The van der Waals surface area contributed by atoms with Gasteiger partial charge in [-0.2, -0.15) is 0 Å². The highest BCUT2D eigenvalue weighted by atomic mass is 32.2. The third-order valence-electron chi connectivity index (χ3n) is 2.88. The van der Waals surface area contributed by atoms with Crippen LogP contribution in [0.4, 0.5) is 0 Å². The lowest BCUT2D eigenvalue weighted by molar-refractivity contribution is 0.102. The molecular weight excluding hydrogens is 190 g/mol. The molecule has 0 amide bonds. The molecule has 1 saturated heterocycles. The quantitative estimate of drug-likeness (QED) is 0.696. The van der Waals surface area contributed by atoms with E-state index in [9.17, 15) is 8.42 Å². The molecule has 1 heterocycles. The van der Waals surface area contributed by atoms with Crippen LogP contribution in [0, 0.1) is 5.92 Å². The molecule has 5 heteroatoms. The zero-order valence-corrected chi connectivity index (χ0v) is 8.51. The minimum atomic E-state index is -3.08. The summed E-state index contributed by atoms with van der Waals surface area (Å²) < 4.78 is 30.2. The van der Waals surface area contributed by atoms with Crippen molar-refractivity contribution in [1.82, 2.24) is 4.72 Å². The minimum Gasteiger partial charge on any atom is -0.376 e. The summed E-state index contributed by atoms with van der Waals surface area (Å²) >= 11 is 0. The van der Waals surface area contributed by atoms with E-state index in [1.807, 2.05) is 0 Å². The highest BCUT2D eigenvalue weighted by Gasteiger charge is 2.41. The van der Waals surface area contributed by atoms with Crippen LogP contribution in [0.1, 0.15) is 19.3 Å². The summed E-state index contributed by atoms with van der Waals surface area (Å²) in [6.45, 7) is 0.544. The predicted octanol–water partition coefficient (Wildman–Crippen LogP) is 0.103. The number of ether oxygens (including phenoxy) is 1. The average molecular weight is 205 g/mol. The molecule has 1 saturated carbocycles. The molecule has 0 aromatic carbocycles. The van der Waals surface area contributed by atoms with Gasteiger partial charge in [-0.05, 0) is 12.8 Å². The molecular formula is C8H15NO3S. The van der Waals surface area contributed by atoms with Gasteiger partial charge in [0.2, 0.25) is 10.0 Å². The van der Waals surface area contributed by atoms with Crippen molar-refractivity contribution in [2.75, 3.05) is 12.9 Å². The molecule has 13 heavy (non-hydrogen) atoms. The monoisotopic (exact) mass is 205 g/mol. The molecule has 4 nitrogen and oxygen atoms in total. The lowest BCUT2D eigenvalue weighted by atomic mass is 10.0. The number of fused-ring (bicyclic) bond motifs is 1. The molecule has 76 valence electrons. The van der Waals surface area contributed by atoms with Gasteiger partial charge in [0.15, 0.2) is 0 Å². The van der Waals surface area contributed by atoms with E-state index in [4.69, 9.17) is 4.74 Å². The third kappa shape index (κ3) is 2.03. The Morgan fingerprint density at radius 1 is 1.38 bits per heavy atom. The fourth-order valence-corrected chi connectivity index (χ4v) is 3.16. The van der Waals surface area contributed by atoms with Gasteiger partial charge >= 0.3 is 0 Å². The molecule has 0 aromatic rings. The Balaban J connectivity index is 2.01. The first-order chi connectivity index (χ1) is 6.06. The summed E-state index contributed by atoms with van der Waals surface area (Å²) in [5.74, 6) is 0.412. The summed E-state index contributed by atoms with van der Waals surface area (Å²) in [7, 11) is -3.08. The Morgan fingerprint density at radius 3 is 2.85 bits per heavy atom. The normalized spacial score (nSPS) is 39.3. The second-order valence-corrected chi connectivity index (χ2v) is 5.74. The Labute approximate surface area is 78.7 Å². The van der Waals surface area contributed by atoms with Crippen LogP contribution in [0.25, 0.3) is 0 Å². The van der Waals surface area contributed by atoms with Gasteiger partial charge in [-0.15, -0.1) is 0 Å². The molecule has 0 unspecified atom stereocenters. The van der Waals surface area contributed by atoms with Gasteiger partial charge in [-0.1, -0.05) is 6.42 Å². The van der Waals surface area contributed by atoms with Crippen molar-refractivity contribution in [3.05, 3.63) is 0 Å². The summed E-state index contributed by atoms with van der Waals surface area (Å²) in [5.41, 5.74) is 0. The van der Waals surface area contributed by atoms with Gasteiger partial charge in [-0.3, -0.25) is 0 Å². The summed E-state index contributed by atoms with van der Waals surface area (Å²) in [4.78, 5) is 0. The smallest absolute Gasteiger partial charge is 0.209 e. The van der Waals surface area contributed by atoms with Crippen molar-refractivity contribution in [3.8, 4) is 0 Å². The summed E-state index contributed by atoms with van der Waals surface area (Å²) in [6, 6.07) is 0.0162. The Hall–Kier alpha value is -0.130. The SMILES string of the molecule is CS(=O)(=O)N[C@@H]1CO[C@@H]2CCC[C@H]12. The van der Waals surface area contributed by atoms with E-state index in [0.29, 0.717) is 18.6 Å². The number of hydrogen-bond acceptors (Lipinski definition) is 3. The van der Waals surface area contributed by atoms with Crippen LogP contribution >= 0.6 is 0 Å². The van der Waals surface area contributed by atoms with Crippen LogP contribution in [0.3, 0.4) is 0 Å². The van der Waals surface area contributed by atoms with E-state index < -0.39 is 10.0 Å². The number of rotatable bonds is 2. The number of hydrogen-bond donors (Lipinski definition) is 1. The fourth-order valence-electron chi connectivity index (χ4n) is 2.37. The van der Waals surface area contributed by atoms with Gasteiger partial charge in [0.05, 0.1) is 25.0 Å². The molecule has 0 bridgehead atoms. The van der Waals surface area contributed by atoms with E-state index in [1.54, 1.807) is 0 Å². The Morgan fingerprint density at radius 2 is 2.15 bits per heavy atom. The highest BCUT2D eigenvalue weighted by Crippen LogP contribution is 2.35. The minimum absolute atomic E-state index is 0.0162. The third-order valence-corrected chi connectivity index (χ3v) is 3.61. The Bertz CT molecular complexity index is 288. The molecule has 1 aliphatic carbocycles. The van der Waals surface area contributed by atoms with Crippen LogP contribution in [-0.4, -0.2) is 33.4 Å². The zero-order chi connectivity index (χ0) is 9.47. The second-order valence-electron chi connectivity index (χ2n) is 3.96. The van der Waals surface area contributed by atoms with Crippen molar-refractivity contribution in [1.29, 1.82) is 0 Å². The molecule has 0 radical (unpaired) electrons. The van der Waals surface area contributed by atoms with Crippen molar-refractivity contribution in [2.45, 2.75) is 31.4 Å². The van der Waals surface area contributed by atoms with Crippen LogP contribution in [-0.2, 0) is 14.8 Å². The van der Waals surface area contributed by atoms with Crippen molar-refractivity contribution >= 4 is 10.0 Å². The van der Waals surface area contributed by atoms with Crippen LogP contribution in [0.15, 0.2) is 0 Å². The lowest BCUT2D eigenvalue weighted by Gasteiger charge is -2.15. The van der Waals surface area contributed by atoms with E-state index in [1.165, 1.54) is 6.26 Å². The molecule has 2 rings (SSSR count).